The summed E-state index contributed by atoms with van der Waals surface area (Å²) in [4.78, 5) is 0. The maximum absolute atomic E-state index is 2.47. The van der Waals surface area contributed by atoms with Gasteiger partial charge >= 0.3 is 0 Å². The molecule has 0 bridgehead atoms. The molecule has 0 spiro atoms. The zero-order valence-electron chi connectivity index (χ0n) is 17.3. The predicted octanol–water partition coefficient (Wildman–Crippen LogP) is 8.54. The van der Waals surface area contributed by atoms with Crippen LogP contribution in [0.1, 0.15) is 130 Å². The quantitative estimate of drug-likeness (QED) is 0.351. The fraction of sp³-hybridized carbons (Fsp3) is 1.00. The van der Waals surface area contributed by atoms with Crippen LogP contribution in [0.3, 0.4) is 0 Å². The van der Waals surface area contributed by atoms with Crippen LogP contribution in [0.15, 0.2) is 0 Å². The van der Waals surface area contributed by atoms with Gasteiger partial charge < -0.3 is 0 Å². The second kappa shape index (κ2) is 10.9. The van der Waals surface area contributed by atoms with E-state index < -0.39 is 0 Å². The molecule has 2 rings (SSSR count). The first-order valence-corrected chi connectivity index (χ1v) is 11.7. The molecule has 2 aliphatic carbocycles. The van der Waals surface area contributed by atoms with E-state index >= 15 is 0 Å². The van der Waals surface area contributed by atoms with Crippen molar-refractivity contribution in [2.75, 3.05) is 0 Å². The minimum absolute atomic E-state index is 0.739. The Balaban J connectivity index is 1.70. The van der Waals surface area contributed by atoms with E-state index in [2.05, 4.69) is 20.8 Å². The fourth-order valence-corrected chi connectivity index (χ4v) is 5.87. The minimum Gasteiger partial charge on any atom is -0.0654 e. The van der Waals surface area contributed by atoms with Crippen LogP contribution in [-0.4, -0.2) is 0 Å². The summed E-state index contributed by atoms with van der Waals surface area (Å²) in [5.41, 5.74) is 0.739. The average Bonchev–Trinajstić information content (AvgIpc) is 2.64. The molecular weight excluding hydrogens is 288 g/mol. The molecule has 0 N–H and O–H groups in total. The van der Waals surface area contributed by atoms with Crippen molar-refractivity contribution in [3.05, 3.63) is 0 Å². The van der Waals surface area contributed by atoms with Crippen molar-refractivity contribution >= 4 is 0 Å². The van der Waals surface area contributed by atoms with E-state index in [0.29, 0.717) is 0 Å². The van der Waals surface area contributed by atoms with E-state index in [1.165, 1.54) is 57.8 Å². The Morgan fingerprint density at radius 2 is 1.29 bits per heavy atom. The Labute approximate surface area is 153 Å². The summed E-state index contributed by atoms with van der Waals surface area (Å²) in [5, 5.41) is 0. The van der Waals surface area contributed by atoms with Crippen LogP contribution in [0.25, 0.3) is 0 Å². The average molecular weight is 335 g/mol. The summed E-state index contributed by atoms with van der Waals surface area (Å²) in [6.45, 7) is 7.15. The number of hydrogen-bond donors (Lipinski definition) is 0. The maximum Gasteiger partial charge on any atom is -0.0300 e. The van der Waals surface area contributed by atoms with Gasteiger partial charge in [-0.15, -0.1) is 0 Å². The van der Waals surface area contributed by atoms with E-state index in [9.17, 15) is 0 Å². The van der Waals surface area contributed by atoms with E-state index in [4.69, 9.17) is 0 Å². The molecule has 0 aromatic carbocycles. The lowest BCUT2D eigenvalue weighted by atomic mass is 9.62. The zero-order chi connectivity index (χ0) is 17.3. The standard InChI is InChI=1S/C24H46/c1-4-7-9-10-18-24(6-3)19-16-23(17-20-24)22-14-12-21(13-15-22)11-8-5-2/h21-23H,4-20H2,1-3H3. The highest BCUT2D eigenvalue weighted by molar-refractivity contribution is 4.88. The van der Waals surface area contributed by atoms with Crippen LogP contribution >= 0.6 is 0 Å². The SMILES string of the molecule is CCCCCCC1(CC)CCC(C2CCC(CCCC)CC2)CC1. The Bertz CT molecular complexity index is 302. The van der Waals surface area contributed by atoms with Crippen LogP contribution in [0, 0.1) is 23.2 Å². The van der Waals surface area contributed by atoms with Gasteiger partial charge in [0.05, 0.1) is 0 Å². The molecule has 2 aliphatic rings. The topological polar surface area (TPSA) is 0 Å². The molecule has 0 heterocycles. The van der Waals surface area contributed by atoms with Crippen LogP contribution < -0.4 is 0 Å². The number of rotatable bonds is 10. The van der Waals surface area contributed by atoms with Crippen molar-refractivity contribution in [3.8, 4) is 0 Å². The van der Waals surface area contributed by atoms with Gasteiger partial charge in [-0.1, -0.05) is 85.0 Å². The third kappa shape index (κ3) is 6.06. The van der Waals surface area contributed by atoms with Gasteiger partial charge in [0.25, 0.3) is 0 Å². The third-order valence-corrected chi connectivity index (χ3v) is 7.93. The number of hydrogen-bond acceptors (Lipinski definition) is 0. The molecule has 0 nitrogen and oxygen atoms in total. The number of unbranched alkanes of at least 4 members (excludes halogenated alkanes) is 4. The van der Waals surface area contributed by atoms with Crippen LogP contribution in [0.5, 0.6) is 0 Å². The van der Waals surface area contributed by atoms with Crippen LogP contribution in [0.2, 0.25) is 0 Å². The van der Waals surface area contributed by atoms with Crippen molar-refractivity contribution in [2.45, 2.75) is 130 Å². The summed E-state index contributed by atoms with van der Waals surface area (Å²) in [6.07, 6.45) is 25.6. The highest BCUT2D eigenvalue weighted by Gasteiger charge is 2.36. The summed E-state index contributed by atoms with van der Waals surface area (Å²) in [5.74, 6) is 3.27. The molecule has 0 saturated heterocycles. The van der Waals surface area contributed by atoms with Gasteiger partial charge in [-0.25, -0.2) is 0 Å². The van der Waals surface area contributed by atoms with E-state index in [1.54, 1.807) is 51.4 Å². The van der Waals surface area contributed by atoms with Gasteiger partial charge in [-0.3, -0.25) is 0 Å². The molecule has 142 valence electrons. The fourth-order valence-electron chi connectivity index (χ4n) is 5.87. The Morgan fingerprint density at radius 3 is 1.88 bits per heavy atom. The summed E-state index contributed by atoms with van der Waals surface area (Å²) < 4.78 is 0. The van der Waals surface area contributed by atoms with Gasteiger partial charge in [0.1, 0.15) is 0 Å². The second-order valence-electron chi connectivity index (χ2n) is 9.42. The van der Waals surface area contributed by atoms with Crippen molar-refractivity contribution < 1.29 is 0 Å². The van der Waals surface area contributed by atoms with E-state index in [1.807, 2.05) is 0 Å². The Hall–Kier alpha value is 0. The zero-order valence-corrected chi connectivity index (χ0v) is 17.3. The van der Waals surface area contributed by atoms with Gasteiger partial charge in [-0.05, 0) is 68.1 Å². The van der Waals surface area contributed by atoms with Crippen LogP contribution in [-0.2, 0) is 0 Å². The van der Waals surface area contributed by atoms with Gasteiger partial charge in [-0.2, -0.15) is 0 Å². The summed E-state index contributed by atoms with van der Waals surface area (Å²) in [7, 11) is 0. The lowest BCUT2D eigenvalue weighted by Gasteiger charge is -2.44. The maximum atomic E-state index is 2.47. The summed E-state index contributed by atoms with van der Waals surface area (Å²) in [6, 6.07) is 0. The van der Waals surface area contributed by atoms with E-state index in [0.717, 1.165) is 23.2 Å². The lowest BCUT2D eigenvalue weighted by molar-refractivity contribution is 0.0797. The summed E-state index contributed by atoms with van der Waals surface area (Å²) >= 11 is 0. The Kier molecular flexibility index (Phi) is 9.20. The third-order valence-electron chi connectivity index (χ3n) is 7.93. The highest BCUT2D eigenvalue weighted by Crippen LogP contribution is 2.49. The first kappa shape index (κ1) is 20.3. The lowest BCUT2D eigenvalue weighted by Crippen LogP contribution is -2.31. The van der Waals surface area contributed by atoms with Crippen LogP contribution in [0.4, 0.5) is 0 Å². The largest absolute Gasteiger partial charge is 0.0654 e. The normalized spacial score (nSPS) is 34.4. The molecule has 24 heavy (non-hydrogen) atoms. The molecule has 2 saturated carbocycles. The molecule has 0 amide bonds. The van der Waals surface area contributed by atoms with Crippen molar-refractivity contribution in [2.24, 2.45) is 23.2 Å². The predicted molar refractivity (Wildman–Crippen MR) is 108 cm³/mol. The molecule has 0 aliphatic heterocycles. The molecule has 0 unspecified atom stereocenters. The molecule has 0 aromatic heterocycles. The molecule has 0 aromatic rings. The first-order chi connectivity index (χ1) is 11.7. The van der Waals surface area contributed by atoms with Gasteiger partial charge in [0, 0.05) is 0 Å². The van der Waals surface area contributed by atoms with Crippen molar-refractivity contribution in [3.63, 3.8) is 0 Å². The van der Waals surface area contributed by atoms with Crippen molar-refractivity contribution in [1.29, 1.82) is 0 Å². The minimum atomic E-state index is 0.739. The molecular formula is C24H46. The monoisotopic (exact) mass is 334 g/mol. The first-order valence-electron chi connectivity index (χ1n) is 11.7. The molecule has 2 fully saturated rings. The van der Waals surface area contributed by atoms with Gasteiger partial charge in [0.2, 0.25) is 0 Å². The molecule has 0 radical (unpaired) electrons. The van der Waals surface area contributed by atoms with Gasteiger partial charge in [0.15, 0.2) is 0 Å². The molecule has 0 atom stereocenters. The smallest absolute Gasteiger partial charge is 0.0300 e. The van der Waals surface area contributed by atoms with Crippen molar-refractivity contribution in [1.82, 2.24) is 0 Å². The molecule has 0 heteroatoms. The second-order valence-corrected chi connectivity index (χ2v) is 9.42. The Morgan fingerprint density at radius 1 is 0.667 bits per heavy atom. The highest BCUT2D eigenvalue weighted by atomic mass is 14.4. The van der Waals surface area contributed by atoms with E-state index in [-0.39, 0.29) is 0 Å².